The van der Waals surface area contributed by atoms with Gasteiger partial charge in [0, 0.05) is 17.4 Å². The van der Waals surface area contributed by atoms with Gasteiger partial charge in [0.15, 0.2) is 0 Å². The van der Waals surface area contributed by atoms with E-state index in [0.717, 1.165) is 0 Å². The zero-order chi connectivity index (χ0) is 0. The lowest BCUT2D eigenvalue weighted by Gasteiger charge is -1.00. The molecule has 0 aromatic heterocycles. The van der Waals surface area contributed by atoms with Gasteiger partial charge in [-0.3, -0.25) is 0 Å². The monoisotopic (exact) mass is 132 g/mol. The van der Waals surface area contributed by atoms with Crippen molar-refractivity contribution in [3.63, 3.8) is 0 Å². The molecule has 0 aliphatic heterocycles. The molecule has 0 aromatic carbocycles. The Labute approximate surface area is 54.7 Å². The normalized spacial score (nSPS) is 0. The fourth-order valence-electron chi connectivity index (χ4n) is 0. The lowest BCUT2D eigenvalue weighted by atomic mass is 27.0. The molecule has 0 fully saturated rings. The molecule has 0 N–H and O–H groups in total. The molecule has 0 aliphatic rings. The first-order chi connectivity index (χ1) is 0. The van der Waals surface area contributed by atoms with E-state index in [-0.39, 0.29) is 54.6 Å². The molecular weight excluding hydrogens is 133 g/mol. The predicted molar refractivity (Wildman–Crippen MR) is 5.75 cm³/mol. The quantitative estimate of drug-likeness (QED) is 0.288. The van der Waals surface area contributed by atoms with Gasteiger partial charge in [-0.15, -0.1) is 0 Å². The molecular formula is AlCl3-3. The summed E-state index contributed by atoms with van der Waals surface area (Å²) in [4.78, 5) is 0. The molecule has 0 aromatic rings. The molecule has 0 bridgehead atoms. The van der Waals surface area contributed by atoms with E-state index in [1.54, 1.807) is 0 Å². The van der Waals surface area contributed by atoms with Crippen molar-refractivity contribution in [3.05, 3.63) is 0 Å². The zero-order valence-electron chi connectivity index (χ0n) is 1.71. The molecule has 0 saturated carbocycles. The van der Waals surface area contributed by atoms with Crippen LogP contribution in [0.25, 0.3) is 0 Å². The van der Waals surface area contributed by atoms with E-state index >= 15 is 0 Å². The van der Waals surface area contributed by atoms with Crippen molar-refractivity contribution < 1.29 is 37.2 Å². The standard InChI is InChI=1S/Al.3ClH/h;3*1H/p-3. The van der Waals surface area contributed by atoms with Crippen molar-refractivity contribution in [1.29, 1.82) is 0 Å². The molecule has 0 atom stereocenters. The van der Waals surface area contributed by atoms with Crippen molar-refractivity contribution >= 4 is 17.4 Å². The number of rotatable bonds is 0. The molecule has 0 nitrogen and oxygen atoms in total. The number of hydrogen-bond acceptors (Lipinski definition) is 0. The minimum absolute atomic E-state index is 0. The third-order valence-corrected chi connectivity index (χ3v) is 0. The Bertz CT molecular complexity index is 3.25. The lowest BCUT2D eigenvalue weighted by molar-refractivity contribution is -0.00100. The van der Waals surface area contributed by atoms with Crippen LogP contribution in [0.15, 0.2) is 0 Å². The van der Waals surface area contributed by atoms with Gasteiger partial charge < -0.3 is 37.2 Å². The lowest BCUT2D eigenvalue weighted by Crippen LogP contribution is -3.00. The molecule has 27 valence electrons. The molecule has 0 heterocycles. The van der Waals surface area contributed by atoms with Crippen molar-refractivity contribution in [3.8, 4) is 0 Å². The Morgan fingerprint density at radius 3 is 0.500 bits per heavy atom. The van der Waals surface area contributed by atoms with E-state index in [0.29, 0.717) is 0 Å². The van der Waals surface area contributed by atoms with Crippen molar-refractivity contribution in [2.75, 3.05) is 0 Å². The van der Waals surface area contributed by atoms with Gasteiger partial charge in [-0.1, -0.05) is 0 Å². The van der Waals surface area contributed by atoms with Gasteiger partial charge in [0.05, 0.1) is 0 Å². The van der Waals surface area contributed by atoms with Crippen LogP contribution in [0, 0.1) is 0 Å². The number of halogens is 3. The molecule has 4 heteroatoms. The van der Waals surface area contributed by atoms with Crippen LogP contribution in [0.4, 0.5) is 0 Å². The Morgan fingerprint density at radius 1 is 0.500 bits per heavy atom. The maximum atomic E-state index is 0. The second kappa shape index (κ2) is 25.9. The summed E-state index contributed by atoms with van der Waals surface area (Å²) in [5.41, 5.74) is 0. The van der Waals surface area contributed by atoms with Gasteiger partial charge in [0.25, 0.3) is 0 Å². The molecule has 0 rings (SSSR count). The summed E-state index contributed by atoms with van der Waals surface area (Å²) in [6.45, 7) is 0. The maximum Gasteiger partial charge on any atom is 0 e. The highest BCUT2D eigenvalue weighted by molar-refractivity contribution is 5.75. The van der Waals surface area contributed by atoms with Crippen LogP contribution in [0.1, 0.15) is 0 Å². The second-order valence-electron chi connectivity index (χ2n) is 0. The van der Waals surface area contributed by atoms with Crippen molar-refractivity contribution in [1.82, 2.24) is 0 Å². The van der Waals surface area contributed by atoms with Crippen LogP contribution in [-0.2, 0) is 0 Å². The third kappa shape index (κ3) is 9.98. The van der Waals surface area contributed by atoms with Crippen LogP contribution >= 0.6 is 0 Å². The van der Waals surface area contributed by atoms with Crippen LogP contribution in [0.3, 0.4) is 0 Å². The van der Waals surface area contributed by atoms with E-state index in [2.05, 4.69) is 0 Å². The summed E-state index contributed by atoms with van der Waals surface area (Å²) in [5, 5.41) is 0. The molecule has 3 radical (unpaired) electrons. The Balaban J connectivity index is 0. The Kier molecular flexibility index (Phi) is 345. The minimum Gasteiger partial charge on any atom is -1.00 e. The van der Waals surface area contributed by atoms with Gasteiger partial charge in [-0.2, -0.15) is 0 Å². The molecule has 0 unspecified atom stereocenters. The van der Waals surface area contributed by atoms with Crippen molar-refractivity contribution in [2.45, 2.75) is 0 Å². The molecule has 0 aliphatic carbocycles. The highest BCUT2D eigenvalue weighted by Crippen LogP contribution is -0.381. The largest absolute Gasteiger partial charge is 1.00 e. The summed E-state index contributed by atoms with van der Waals surface area (Å²) in [7, 11) is 0. The van der Waals surface area contributed by atoms with E-state index in [1.165, 1.54) is 0 Å². The fourth-order valence-corrected chi connectivity index (χ4v) is 0. The van der Waals surface area contributed by atoms with Gasteiger partial charge >= 0.3 is 0 Å². The van der Waals surface area contributed by atoms with Crippen LogP contribution in [-0.4, -0.2) is 17.4 Å². The number of hydrogen-bond donors (Lipinski definition) is 0. The van der Waals surface area contributed by atoms with Crippen LogP contribution in [0.5, 0.6) is 0 Å². The molecule has 0 amide bonds. The summed E-state index contributed by atoms with van der Waals surface area (Å²) >= 11 is 0. The average Bonchev–Trinajstić information content (AvgIpc) is 0. The smallest absolute Gasteiger partial charge is 0 e. The molecule has 4 heavy (non-hydrogen) atoms. The van der Waals surface area contributed by atoms with Crippen LogP contribution < -0.4 is 37.2 Å². The highest BCUT2D eigenvalue weighted by atomic mass is 35.5. The first-order valence-corrected chi connectivity index (χ1v) is 0. The SMILES string of the molecule is [Al].[Cl-].[Cl-].[Cl-]. The third-order valence-electron chi connectivity index (χ3n) is 0. The van der Waals surface area contributed by atoms with Crippen LogP contribution in [0.2, 0.25) is 0 Å². The average molecular weight is 133 g/mol. The minimum atomic E-state index is 0. The maximum absolute atomic E-state index is 0. The summed E-state index contributed by atoms with van der Waals surface area (Å²) in [6, 6.07) is 0. The summed E-state index contributed by atoms with van der Waals surface area (Å²) < 4.78 is 0. The molecule has 0 saturated heterocycles. The van der Waals surface area contributed by atoms with Crippen molar-refractivity contribution in [2.24, 2.45) is 0 Å². The van der Waals surface area contributed by atoms with E-state index < -0.39 is 0 Å². The summed E-state index contributed by atoms with van der Waals surface area (Å²) in [5.74, 6) is 0. The highest BCUT2D eigenvalue weighted by Gasteiger charge is 0.00000301. The van der Waals surface area contributed by atoms with Gasteiger partial charge in [0.2, 0.25) is 0 Å². The topological polar surface area (TPSA) is 0 Å². The zero-order valence-corrected chi connectivity index (χ0v) is 5.13. The van der Waals surface area contributed by atoms with Gasteiger partial charge in [-0.25, -0.2) is 0 Å². The van der Waals surface area contributed by atoms with Gasteiger partial charge in [-0.05, 0) is 0 Å². The fraction of sp³-hybridized carbons (Fsp3) is 0. The second-order valence-corrected chi connectivity index (χ2v) is 0. The first kappa shape index (κ1) is 53.2. The Morgan fingerprint density at radius 2 is 0.500 bits per heavy atom. The van der Waals surface area contributed by atoms with Gasteiger partial charge in [0.1, 0.15) is 0 Å². The predicted octanol–water partition coefficient (Wildman–Crippen LogP) is -9.37. The van der Waals surface area contributed by atoms with E-state index in [1.807, 2.05) is 0 Å². The van der Waals surface area contributed by atoms with E-state index in [4.69, 9.17) is 0 Å². The summed E-state index contributed by atoms with van der Waals surface area (Å²) in [6.07, 6.45) is 0. The molecule has 0 spiro atoms. The first-order valence-electron chi connectivity index (χ1n) is 0. The Hall–Kier alpha value is 1.40. The van der Waals surface area contributed by atoms with E-state index in [9.17, 15) is 0 Å².